The van der Waals surface area contributed by atoms with Crippen LogP contribution >= 0.6 is 0 Å². The van der Waals surface area contributed by atoms with Crippen molar-refractivity contribution in [2.45, 2.75) is 25.3 Å². The molecule has 1 aliphatic carbocycles. The summed E-state index contributed by atoms with van der Waals surface area (Å²) in [4.78, 5) is 23.8. The van der Waals surface area contributed by atoms with Crippen LogP contribution in [0.1, 0.15) is 29.8 Å². The quantitative estimate of drug-likeness (QED) is 0.827. The van der Waals surface area contributed by atoms with Crippen LogP contribution in [0.2, 0.25) is 0 Å². The third-order valence-corrected chi connectivity index (χ3v) is 3.96. The molecule has 2 aromatic rings. The number of carbonyl (C=O) groups excluding carboxylic acids is 2. The number of amides is 1. The minimum atomic E-state index is -0.308. The Morgan fingerprint density at radius 2 is 2.04 bits per heavy atom. The van der Waals surface area contributed by atoms with Crippen molar-refractivity contribution < 1.29 is 14.3 Å². The fourth-order valence-electron chi connectivity index (χ4n) is 2.51. The number of ether oxygens (including phenoxy) is 1. The SMILES string of the molecule is COC(=O)C[C@@H](NC(=O)c1ccn(-c2ccccc2)n1)C1CC1. The Kier molecular flexibility index (Phi) is 4.41. The minimum Gasteiger partial charge on any atom is -0.469 e. The van der Waals surface area contributed by atoms with E-state index >= 15 is 0 Å². The number of benzene rings is 1. The fourth-order valence-corrected chi connectivity index (χ4v) is 2.51. The number of carbonyl (C=O) groups is 2. The molecule has 6 nitrogen and oxygen atoms in total. The average molecular weight is 313 g/mol. The first kappa shape index (κ1) is 15.3. The Morgan fingerprint density at radius 3 is 2.70 bits per heavy atom. The Balaban J connectivity index is 1.68. The molecule has 1 amide bonds. The summed E-state index contributed by atoms with van der Waals surface area (Å²) in [5.41, 5.74) is 1.23. The van der Waals surface area contributed by atoms with E-state index in [2.05, 4.69) is 10.4 Å². The average Bonchev–Trinajstić information content (AvgIpc) is 3.31. The fraction of sp³-hybridized carbons (Fsp3) is 0.353. The predicted molar refractivity (Wildman–Crippen MR) is 84.2 cm³/mol. The van der Waals surface area contributed by atoms with Crippen LogP contribution in [0.15, 0.2) is 42.6 Å². The third-order valence-electron chi connectivity index (χ3n) is 3.96. The van der Waals surface area contributed by atoms with Crippen LogP contribution in [0.4, 0.5) is 0 Å². The number of nitrogens with one attached hydrogen (secondary N) is 1. The molecule has 0 unspecified atom stereocenters. The summed E-state index contributed by atoms with van der Waals surface area (Å²) in [6.45, 7) is 0. The first-order valence-corrected chi connectivity index (χ1v) is 7.66. The first-order valence-electron chi connectivity index (χ1n) is 7.66. The molecule has 1 fully saturated rings. The van der Waals surface area contributed by atoms with Gasteiger partial charge in [0.05, 0.1) is 19.2 Å². The first-order chi connectivity index (χ1) is 11.2. The van der Waals surface area contributed by atoms with Gasteiger partial charge >= 0.3 is 5.97 Å². The van der Waals surface area contributed by atoms with Gasteiger partial charge in [-0.2, -0.15) is 5.10 Å². The highest BCUT2D eigenvalue weighted by atomic mass is 16.5. The van der Waals surface area contributed by atoms with Crippen LogP contribution in [-0.2, 0) is 9.53 Å². The number of hydrogen-bond donors (Lipinski definition) is 1. The molecule has 3 rings (SSSR count). The van der Waals surface area contributed by atoms with Crippen molar-refractivity contribution >= 4 is 11.9 Å². The second-order valence-corrected chi connectivity index (χ2v) is 5.68. The normalized spacial score (nSPS) is 15.0. The van der Waals surface area contributed by atoms with Gasteiger partial charge in [-0.25, -0.2) is 4.68 Å². The summed E-state index contributed by atoms with van der Waals surface area (Å²) in [5.74, 6) is -0.216. The zero-order valence-corrected chi connectivity index (χ0v) is 12.9. The smallest absolute Gasteiger partial charge is 0.307 e. The lowest BCUT2D eigenvalue weighted by atomic mass is 10.1. The van der Waals surface area contributed by atoms with Crippen LogP contribution in [0.25, 0.3) is 5.69 Å². The van der Waals surface area contributed by atoms with Gasteiger partial charge in [0, 0.05) is 12.2 Å². The largest absolute Gasteiger partial charge is 0.469 e. The maximum atomic E-state index is 12.4. The second-order valence-electron chi connectivity index (χ2n) is 5.68. The number of aromatic nitrogens is 2. The summed E-state index contributed by atoms with van der Waals surface area (Å²) in [6, 6.07) is 11.1. The summed E-state index contributed by atoms with van der Waals surface area (Å²) in [5, 5.41) is 7.21. The highest BCUT2D eigenvalue weighted by molar-refractivity contribution is 5.92. The molecule has 0 radical (unpaired) electrons. The topological polar surface area (TPSA) is 73.2 Å². The molecule has 0 spiro atoms. The molecule has 1 aromatic heterocycles. The van der Waals surface area contributed by atoms with Crippen LogP contribution in [-0.4, -0.2) is 34.8 Å². The van der Waals surface area contributed by atoms with Crippen LogP contribution < -0.4 is 5.32 Å². The van der Waals surface area contributed by atoms with Gasteiger partial charge in [-0.3, -0.25) is 9.59 Å². The van der Waals surface area contributed by atoms with Gasteiger partial charge in [-0.05, 0) is 37.0 Å². The lowest BCUT2D eigenvalue weighted by Crippen LogP contribution is -2.38. The molecule has 1 aromatic carbocycles. The van der Waals surface area contributed by atoms with E-state index in [0.29, 0.717) is 11.6 Å². The molecule has 6 heteroatoms. The van der Waals surface area contributed by atoms with Crippen molar-refractivity contribution in [2.75, 3.05) is 7.11 Å². The van der Waals surface area contributed by atoms with Gasteiger partial charge in [0.1, 0.15) is 0 Å². The van der Waals surface area contributed by atoms with E-state index < -0.39 is 0 Å². The lowest BCUT2D eigenvalue weighted by molar-refractivity contribution is -0.141. The lowest BCUT2D eigenvalue weighted by Gasteiger charge is -2.16. The van der Waals surface area contributed by atoms with E-state index in [9.17, 15) is 9.59 Å². The molecule has 1 aliphatic rings. The van der Waals surface area contributed by atoms with Gasteiger partial charge in [0.25, 0.3) is 5.91 Å². The van der Waals surface area contributed by atoms with Crippen molar-refractivity contribution in [3.05, 3.63) is 48.3 Å². The molecule has 0 bridgehead atoms. The summed E-state index contributed by atoms with van der Waals surface area (Å²) in [7, 11) is 1.36. The van der Waals surface area contributed by atoms with Gasteiger partial charge in [0.2, 0.25) is 0 Å². The van der Waals surface area contributed by atoms with Crippen molar-refractivity contribution in [3.8, 4) is 5.69 Å². The Bertz CT molecular complexity index is 692. The van der Waals surface area contributed by atoms with Gasteiger partial charge in [0.15, 0.2) is 5.69 Å². The molecule has 1 atom stereocenters. The van der Waals surface area contributed by atoms with Crippen molar-refractivity contribution in [2.24, 2.45) is 5.92 Å². The second kappa shape index (κ2) is 6.64. The van der Waals surface area contributed by atoms with E-state index in [-0.39, 0.29) is 24.3 Å². The number of hydrogen-bond acceptors (Lipinski definition) is 4. The highest BCUT2D eigenvalue weighted by Crippen LogP contribution is 2.34. The van der Waals surface area contributed by atoms with Crippen molar-refractivity contribution in [1.29, 1.82) is 0 Å². The molecule has 0 aliphatic heterocycles. The summed E-state index contributed by atoms with van der Waals surface area (Å²) in [6.07, 6.45) is 4.00. The number of para-hydroxylation sites is 1. The Labute approximate surface area is 134 Å². The monoisotopic (exact) mass is 313 g/mol. The number of methoxy groups -OCH3 is 1. The molecule has 1 heterocycles. The van der Waals surface area contributed by atoms with Crippen molar-refractivity contribution in [3.63, 3.8) is 0 Å². The van der Waals surface area contributed by atoms with Gasteiger partial charge < -0.3 is 10.1 Å². The summed E-state index contributed by atoms with van der Waals surface area (Å²) < 4.78 is 6.35. The highest BCUT2D eigenvalue weighted by Gasteiger charge is 2.34. The number of rotatable bonds is 6. The maximum Gasteiger partial charge on any atom is 0.307 e. The molecule has 1 N–H and O–H groups in total. The molecule has 120 valence electrons. The van der Waals surface area contributed by atoms with E-state index in [0.717, 1.165) is 18.5 Å². The van der Waals surface area contributed by atoms with Gasteiger partial charge in [-0.1, -0.05) is 18.2 Å². The molecule has 1 saturated carbocycles. The number of nitrogens with zero attached hydrogens (tertiary/aromatic N) is 2. The third kappa shape index (κ3) is 3.77. The van der Waals surface area contributed by atoms with Crippen LogP contribution in [0.5, 0.6) is 0 Å². The van der Waals surface area contributed by atoms with Crippen molar-refractivity contribution in [1.82, 2.24) is 15.1 Å². The zero-order valence-electron chi connectivity index (χ0n) is 12.9. The maximum absolute atomic E-state index is 12.4. The van der Waals surface area contributed by atoms with Gasteiger partial charge in [-0.15, -0.1) is 0 Å². The standard InChI is InChI=1S/C17H19N3O3/c1-23-16(21)11-15(12-7-8-12)18-17(22)14-9-10-20(19-14)13-5-3-2-4-6-13/h2-6,9-10,12,15H,7-8,11H2,1H3,(H,18,22)/t15-/m1/s1. The van der Waals surface area contributed by atoms with E-state index in [1.165, 1.54) is 7.11 Å². The zero-order chi connectivity index (χ0) is 16.2. The van der Waals surface area contributed by atoms with Crippen LogP contribution in [0.3, 0.4) is 0 Å². The Morgan fingerprint density at radius 1 is 1.30 bits per heavy atom. The van der Waals surface area contributed by atoms with Crippen LogP contribution in [0, 0.1) is 5.92 Å². The summed E-state index contributed by atoms with van der Waals surface area (Å²) >= 11 is 0. The molecular formula is C17H19N3O3. The molecule has 0 saturated heterocycles. The Hall–Kier alpha value is -2.63. The van der Waals surface area contributed by atoms with E-state index in [4.69, 9.17) is 4.74 Å². The van der Waals surface area contributed by atoms with E-state index in [1.54, 1.807) is 16.9 Å². The number of esters is 1. The minimum absolute atomic E-state index is 0.183. The predicted octanol–water partition coefficient (Wildman–Crippen LogP) is 1.94. The molecule has 23 heavy (non-hydrogen) atoms. The van der Waals surface area contributed by atoms with E-state index in [1.807, 2.05) is 30.3 Å². The molecular weight excluding hydrogens is 294 g/mol.